The Bertz CT molecular complexity index is 634. The predicted molar refractivity (Wildman–Crippen MR) is 76.8 cm³/mol. The summed E-state index contributed by atoms with van der Waals surface area (Å²) in [5.41, 5.74) is 6.33. The van der Waals surface area contributed by atoms with Crippen LogP contribution in [0.4, 0.5) is 10.3 Å². The van der Waals surface area contributed by atoms with Crippen molar-refractivity contribution >= 4 is 46.3 Å². The highest BCUT2D eigenvalue weighted by Crippen LogP contribution is 2.26. The van der Waals surface area contributed by atoms with Gasteiger partial charge in [0.25, 0.3) is 0 Å². The maximum atomic E-state index is 13.1. The molecule has 0 aliphatic rings. The van der Waals surface area contributed by atoms with Gasteiger partial charge in [-0.3, -0.25) is 9.36 Å². The third-order valence-corrected chi connectivity index (χ3v) is 3.91. The summed E-state index contributed by atoms with van der Waals surface area (Å²) in [6.07, 6.45) is 0. The molecule has 2 aromatic rings. The van der Waals surface area contributed by atoms with Crippen molar-refractivity contribution in [1.82, 2.24) is 14.8 Å². The third kappa shape index (κ3) is 3.15. The van der Waals surface area contributed by atoms with Crippen molar-refractivity contribution in [3.8, 4) is 5.69 Å². The molecule has 0 radical (unpaired) electrons. The number of aliphatic carboxylic acids is 1. The maximum Gasteiger partial charge on any atom is 0.313 e. The SMILES string of the molecule is Nc1nnc(SCC(=O)O)n1-c1ccc(F)cc1I. The van der Waals surface area contributed by atoms with Gasteiger partial charge in [0.2, 0.25) is 5.95 Å². The number of hydrogen-bond acceptors (Lipinski definition) is 5. The van der Waals surface area contributed by atoms with Gasteiger partial charge in [0, 0.05) is 3.57 Å². The number of thioether (sulfide) groups is 1. The lowest BCUT2D eigenvalue weighted by Gasteiger charge is -2.09. The third-order valence-electron chi connectivity index (χ3n) is 2.13. The number of hydrogen-bond donors (Lipinski definition) is 2. The molecule has 1 aromatic carbocycles. The molecule has 1 aromatic heterocycles. The Morgan fingerprint density at radius 2 is 2.26 bits per heavy atom. The Labute approximate surface area is 125 Å². The number of benzene rings is 1. The lowest BCUT2D eigenvalue weighted by atomic mass is 10.3. The number of anilines is 1. The number of nitrogens with two attached hydrogens (primary N) is 1. The number of carboxylic acids is 1. The van der Waals surface area contributed by atoms with Gasteiger partial charge in [0.15, 0.2) is 5.16 Å². The summed E-state index contributed by atoms with van der Waals surface area (Å²) in [6, 6.07) is 4.19. The Morgan fingerprint density at radius 3 is 2.89 bits per heavy atom. The van der Waals surface area contributed by atoms with Crippen molar-refractivity contribution in [3.63, 3.8) is 0 Å². The topological polar surface area (TPSA) is 94.0 Å². The van der Waals surface area contributed by atoms with E-state index in [2.05, 4.69) is 10.2 Å². The van der Waals surface area contributed by atoms with Crippen LogP contribution in [0.15, 0.2) is 23.4 Å². The Morgan fingerprint density at radius 1 is 1.53 bits per heavy atom. The number of carboxylic acid groups (broad SMARTS) is 1. The molecule has 100 valence electrons. The zero-order valence-corrected chi connectivity index (χ0v) is 12.4. The summed E-state index contributed by atoms with van der Waals surface area (Å²) in [5.74, 6) is -1.36. The minimum atomic E-state index is -0.966. The lowest BCUT2D eigenvalue weighted by molar-refractivity contribution is -0.133. The second-order valence-corrected chi connectivity index (χ2v) is 5.56. The van der Waals surface area contributed by atoms with E-state index in [1.165, 1.54) is 16.7 Å². The number of aromatic nitrogens is 3. The van der Waals surface area contributed by atoms with E-state index in [9.17, 15) is 9.18 Å². The fourth-order valence-electron chi connectivity index (χ4n) is 1.39. The Balaban J connectivity index is 2.43. The van der Waals surface area contributed by atoms with Gasteiger partial charge in [-0.1, -0.05) is 11.8 Å². The van der Waals surface area contributed by atoms with E-state index in [4.69, 9.17) is 10.8 Å². The van der Waals surface area contributed by atoms with Crippen LogP contribution in [0.5, 0.6) is 0 Å². The second kappa shape index (κ2) is 5.74. The Kier molecular flexibility index (Phi) is 4.24. The second-order valence-electron chi connectivity index (χ2n) is 3.45. The first kappa shape index (κ1) is 14.1. The van der Waals surface area contributed by atoms with Crippen LogP contribution in [-0.4, -0.2) is 31.6 Å². The van der Waals surface area contributed by atoms with Gasteiger partial charge in [-0.15, -0.1) is 10.2 Å². The molecule has 1 heterocycles. The van der Waals surface area contributed by atoms with Gasteiger partial charge in [-0.25, -0.2) is 4.39 Å². The van der Waals surface area contributed by atoms with Crippen molar-refractivity contribution < 1.29 is 14.3 Å². The van der Waals surface area contributed by atoms with Crippen LogP contribution in [0.25, 0.3) is 5.69 Å². The van der Waals surface area contributed by atoms with Crippen molar-refractivity contribution in [2.45, 2.75) is 5.16 Å². The number of carbonyl (C=O) groups is 1. The predicted octanol–water partition coefficient (Wildman–Crippen LogP) is 1.77. The number of nitrogen functional groups attached to an aromatic ring is 1. The monoisotopic (exact) mass is 394 g/mol. The summed E-state index contributed by atoms with van der Waals surface area (Å²) in [4.78, 5) is 10.6. The number of halogens is 2. The van der Waals surface area contributed by atoms with Gasteiger partial charge >= 0.3 is 5.97 Å². The van der Waals surface area contributed by atoms with E-state index in [1.807, 2.05) is 22.6 Å². The number of nitrogens with zero attached hydrogens (tertiary/aromatic N) is 3. The molecule has 0 aliphatic heterocycles. The van der Waals surface area contributed by atoms with Crippen molar-refractivity contribution in [3.05, 3.63) is 27.6 Å². The summed E-state index contributed by atoms with van der Waals surface area (Å²) in [6.45, 7) is 0. The van der Waals surface area contributed by atoms with Crippen molar-refractivity contribution in [2.24, 2.45) is 0 Å². The highest BCUT2D eigenvalue weighted by Gasteiger charge is 2.15. The first-order chi connectivity index (χ1) is 8.99. The highest BCUT2D eigenvalue weighted by molar-refractivity contribution is 14.1. The Hall–Kier alpha value is -1.36. The maximum absolute atomic E-state index is 13.1. The molecule has 0 amide bonds. The molecule has 0 fully saturated rings. The van der Waals surface area contributed by atoms with Crippen LogP contribution in [0.2, 0.25) is 0 Å². The summed E-state index contributed by atoms with van der Waals surface area (Å²) in [5, 5.41) is 16.6. The highest BCUT2D eigenvalue weighted by atomic mass is 127. The minimum Gasteiger partial charge on any atom is -0.481 e. The van der Waals surface area contributed by atoms with Crippen LogP contribution >= 0.6 is 34.4 Å². The standard InChI is InChI=1S/C10H8FIN4O2S/c11-5-1-2-7(6(12)3-5)16-9(13)14-15-10(16)19-4-8(17)18/h1-3H,4H2,(H2,13,14)(H,17,18). The van der Waals surface area contributed by atoms with Gasteiger partial charge in [-0.2, -0.15) is 0 Å². The van der Waals surface area contributed by atoms with Crippen LogP contribution in [-0.2, 0) is 4.79 Å². The molecule has 3 N–H and O–H groups in total. The quantitative estimate of drug-likeness (QED) is 0.607. The largest absolute Gasteiger partial charge is 0.481 e. The molecular formula is C10H8FIN4O2S. The molecule has 9 heteroatoms. The van der Waals surface area contributed by atoms with Gasteiger partial charge in [0.1, 0.15) is 5.82 Å². The van der Waals surface area contributed by atoms with Crippen molar-refractivity contribution in [2.75, 3.05) is 11.5 Å². The average Bonchev–Trinajstić information content (AvgIpc) is 2.68. The molecule has 6 nitrogen and oxygen atoms in total. The normalized spacial score (nSPS) is 10.6. The zero-order valence-electron chi connectivity index (χ0n) is 9.38. The fraction of sp³-hybridized carbons (Fsp3) is 0.100. The van der Waals surface area contributed by atoms with E-state index >= 15 is 0 Å². The summed E-state index contributed by atoms with van der Waals surface area (Å²) < 4.78 is 15.2. The average molecular weight is 394 g/mol. The van der Waals surface area contributed by atoms with Gasteiger partial charge in [-0.05, 0) is 40.8 Å². The smallest absolute Gasteiger partial charge is 0.313 e. The van der Waals surface area contributed by atoms with E-state index in [0.29, 0.717) is 14.4 Å². The molecule has 0 bridgehead atoms. The van der Waals surface area contributed by atoms with Crippen LogP contribution in [0, 0.1) is 9.39 Å². The van der Waals surface area contributed by atoms with E-state index in [-0.39, 0.29) is 17.5 Å². The van der Waals surface area contributed by atoms with E-state index in [0.717, 1.165) is 11.8 Å². The van der Waals surface area contributed by atoms with Crippen LogP contribution in [0.1, 0.15) is 0 Å². The molecular weight excluding hydrogens is 386 g/mol. The molecule has 0 saturated carbocycles. The van der Waals surface area contributed by atoms with Crippen molar-refractivity contribution in [1.29, 1.82) is 0 Å². The first-order valence-corrected chi connectivity index (χ1v) is 7.06. The van der Waals surface area contributed by atoms with E-state index < -0.39 is 5.97 Å². The minimum absolute atomic E-state index is 0.123. The molecule has 0 atom stereocenters. The summed E-state index contributed by atoms with van der Waals surface area (Å²) in [7, 11) is 0. The van der Waals surface area contributed by atoms with E-state index in [1.54, 1.807) is 6.07 Å². The van der Waals surface area contributed by atoms with Gasteiger partial charge < -0.3 is 10.8 Å². The van der Waals surface area contributed by atoms with Crippen LogP contribution < -0.4 is 5.73 Å². The fourth-order valence-corrected chi connectivity index (χ4v) is 2.78. The molecule has 0 spiro atoms. The van der Waals surface area contributed by atoms with Gasteiger partial charge in [0.05, 0.1) is 11.4 Å². The van der Waals surface area contributed by atoms with Crippen LogP contribution in [0.3, 0.4) is 0 Å². The molecule has 0 saturated heterocycles. The number of rotatable bonds is 4. The molecule has 0 aliphatic carbocycles. The first-order valence-electron chi connectivity index (χ1n) is 5.00. The summed E-state index contributed by atoms with van der Waals surface area (Å²) >= 11 is 2.96. The molecule has 2 rings (SSSR count). The lowest BCUT2D eigenvalue weighted by Crippen LogP contribution is -2.06. The molecule has 19 heavy (non-hydrogen) atoms. The zero-order chi connectivity index (χ0) is 14.0. The molecule has 0 unspecified atom stereocenters.